The van der Waals surface area contributed by atoms with E-state index >= 15 is 0 Å². The molecule has 0 heterocycles. The first-order valence-corrected chi connectivity index (χ1v) is 7.51. The minimum Gasteiger partial charge on any atom is -0.379 e. The number of hydrogen-bond acceptors (Lipinski definition) is 4. The number of aryl methyl sites for hydroxylation is 1. The molecule has 0 spiro atoms. The number of amides is 3. The molecule has 1 aromatic rings. The molecular formula is C17H23N3O4. The largest absolute Gasteiger partial charge is 0.379 e. The third kappa shape index (κ3) is 7.55. The van der Waals surface area contributed by atoms with Crippen molar-refractivity contribution >= 4 is 17.7 Å². The van der Waals surface area contributed by atoms with Crippen LogP contribution in [0.3, 0.4) is 0 Å². The van der Waals surface area contributed by atoms with Gasteiger partial charge in [-0.3, -0.25) is 14.4 Å². The van der Waals surface area contributed by atoms with E-state index in [0.717, 1.165) is 5.56 Å². The van der Waals surface area contributed by atoms with E-state index in [1.807, 2.05) is 30.3 Å². The van der Waals surface area contributed by atoms with Crippen molar-refractivity contribution in [2.45, 2.75) is 25.3 Å². The molecule has 0 unspecified atom stereocenters. The van der Waals surface area contributed by atoms with Crippen molar-refractivity contribution in [2.75, 3.05) is 13.7 Å². The Morgan fingerprint density at radius 1 is 1.25 bits per heavy atom. The number of ether oxygens (including phenoxy) is 1. The van der Waals surface area contributed by atoms with Crippen LogP contribution in [0.2, 0.25) is 0 Å². The van der Waals surface area contributed by atoms with E-state index in [1.54, 1.807) is 0 Å². The maximum Gasteiger partial charge on any atom is 0.247 e. The van der Waals surface area contributed by atoms with E-state index in [2.05, 4.69) is 17.2 Å². The second kappa shape index (κ2) is 10.2. The number of nitrogens with one attached hydrogen (secondary N) is 2. The highest BCUT2D eigenvalue weighted by Gasteiger charge is 2.23. The van der Waals surface area contributed by atoms with Crippen LogP contribution in [0.25, 0.3) is 0 Å². The normalized spacial score (nSPS) is 11.4. The van der Waals surface area contributed by atoms with Crippen LogP contribution < -0.4 is 16.4 Å². The lowest BCUT2D eigenvalue weighted by Crippen LogP contribution is -2.48. The van der Waals surface area contributed by atoms with Crippen LogP contribution in [0.5, 0.6) is 0 Å². The van der Waals surface area contributed by atoms with Gasteiger partial charge in [0, 0.05) is 19.2 Å². The molecule has 130 valence electrons. The Labute approximate surface area is 141 Å². The molecule has 0 saturated heterocycles. The number of primary amides is 1. The lowest BCUT2D eigenvalue weighted by atomic mass is 10.1. The van der Waals surface area contributed by atoms with Gasteiger partial charge in [0.2, 0.25) is 17.7 Å². The molecule has 1 atom stereocenters. The van der Waals surface area contributed by atoms with E-state index in [4.69, 9.17) is 10.5 Å². The van der Waals surface area contributed by atoms with Crippen molar-refractivity contribution < 1.29 is 19.1 Å². The lowest BCUT2D eigenvalue weighted by Gasteiger charge is -2.18. The first-order valence-electron chi connectivity index (χ1n) is 7.51. The highest BCUT2D eigenvalue weighted by Crippen LogP contribution is 2.03. The maximum absolute atomic E-state index is 12.1. The van der Waals surface area contributed by atoms with Crippen molar-refractivity contribution in [3.05, 3.63) is 48.2 Å². The fourth-order valence-electron chi connectivity index (χ4n) is 2.05. The fourth-order valence-corrected chi connectivity index (χ4v) is 2.05. The Kier molecular flexibility index (Phi) is 8.21. The minimum absolute atomic E-state index is 0.136. The number of methoxy groups -OCH3 is 1. The van der Waals surface area contributed by atoms with Gasteiger partial charge in [0.1, 0.15) is 6.04 Å². The second-order valence-electron chi connectivity index (χ2n) is 5.30. The van der Waals surface area contributed by atoms with Gasteiger partial charge in [-0.2, -0.15) is 0 Å². The summed E-state index contributed by atoms with van der Waals surface area (Å²) < 4.78 is 4.84. The van der Waals surface area contributed by atoms with Crippen LogP contribution >= 0.6 is 0 Å². The van der Waals surface area contributed by atoms with Crippen molar-refractivity contribution in [2.24, 2.45) is 5.73 Å². The zero-order chi connectivity index (χ0) is 17.9. The number of benzene rings is 1. The summed E-state index contributed by atoms with van der Waals surface area (Å²) in [4.78, 5) is 35.3. The quantitative estimate of drug-likeness (QED) is 0.570. The standard InChI is InChI=1S/C17H23N3O4/c1-12(11-24-2)19-17(23)14(10-15(18)21)20-16(22)9-8-13-6-4-3-5-7-13/h3-7,14H,1,8-11H2,2H3,(H2,18,21)(H,19,23)(H,20,22)/t14-/m0/s1. The summed E-state index contributed by atoms with van der Waals surface area (Å²) in [5, 5.41) is 5.02. The number of rotatable bonds is 10. The van der Waals surface area contributed by atoms with Crippen molar-refractivity contribution in [3.63, 3.8) is 0 Å². The van der Waals surface area contributed by atoms with Crippen molar-refractivity contribution in [1.82, 2.24) is 10.6 Å². The summed E-state index contributed by atoms with van der Waals surface area (Å²) in [6.07, 6.45) is 0.447. The van der Waals surface area contributed by atoms with Gasteiger partial charge in [-0.15, -0.1) is 0 Å². The molecule has 4 N–H and O–H groups in total. The first kappa shape index (κ1) is 19.4. The van der Waals surface area contributed by atoms with Gasteiger partial charge in [-0.25, -0.2) is 0 Å². The molecule has 0 aliphatic rings. The SMILES string of the molecule is C=C(COC)NC(=O)[C@H](CC(N)=O)NC(=O)CCc1ccccc1. The molecule has 7 nitrogen and oxygen atoms in total. The highest BCUT2D eigenvalue weighted by molar-refractivity contribution is 5.92. The summed E-state index contributed by atoms with van der Waals surface area (Å²) in [7, 11) is 1.46. The Morgan fingerprint density at radius 2 is 1.92 bits per heavy atom. The Morgan fingerprint density at radius 3 is 2.50 bits per heavy atom. The summed E-state index contributed by atoms with van der Waals surface area (Å²) in [5.41, 5.74) is 6.48. The molecule has 0 aliphatic heterocycles. The average Bonchev–Trinajstić information content (AvgIpc) is 2.53. The second-order valence-corrected chi connectivity index (χ2v) is 5.30. The zero-order valence-electron chi connectivity index (χ0n) is 13.7. The third-order valence-electron chi connectivity index (χ3n) is 3.16. The summed E-state index contributed by atoms with van der Waals surface area (Å²) >= 11 is 0. The van der Waals surface area contributed by atoms with Gasteiger partial charge in [-0.1, -0.05) is 36.9 Å². The molecule has 0 saturated carbocycles. The molecule has 0 radical (unpaired) electrons. The summed E-state index contributed by atoms with van der Waals surface area (Å²) in [6.45, 7) is 3.75. The highest BCUT2D eigenvalue weighted by atomic mass is 16.5. The van der Waals surface area contributed by atoms with Crippen LogP contribution in [0, 0.1) is 0 Å². The van der Waals surface area contributed by atoms with E-state index < -0.39 is 17.9 Å². The van der Waals surface area contributed by atoms with E-state index in [9.17, 15) is 14.4 Å². The van der Waals surface area contributed by atoms with Gasteiger partial charge < -0.3 is 21.1 Å². The van der Waals surface area contributed by atoms with Gasteiger partial charge in [-0.05, 0) is 12.0 Å². The molecule has 3 amide bonds. The summed E-state index contributed by atoms with van der Waals surface area (Å²) in [6, 6.07) is 8.45. The first-order chi connectivity index (χ1) is 11.4. The molecule has 24 heavy (non-hydrogen) atoms. The summed E-state index contributed by atoms with van der Waals surface area (Å²) in [5.74, 6) is -1.57. The molecular weight excluding hydrogens is 310 g/mol. The number of hydrogen-bond donors (Lipinski definition) is 3. The minimum atomic E-state index is -1.04. The lowest BCUT2D eigenvalue weighted by molar-refractivity contribution is -0.130. The average molecular weight is 333 g/mol. The molecule has 0 bridgehead atoms. The Balaban J connectivity index is 2.57. The number of nitrogens with two attached hydrogens (primary N) is 1. The topological polar surface area (TPSA) is 111 Å². The van der Waals surface area contributed by atoms with Crippen LogP contribution in [0.1, 0.15) is 18.4 Å². The number of carbonyl (C=O) groups is 3. The predicted octanol–water partition coefficient (Wildman–Crippen LogP) is 0.256. The van der Waals surface area contributed by atoms with Crippen LogP contribution in [-0.2, 0) is 25.5 Å². The van der Waals surface area contributed by atoms with Crippen LogP contribution in [0.15, 0.2) is 42.6 Å². The molecule has 0 aromatic heterocycles. The predicted molar refractivity (Wildman–Crippen MR) is 89.7 cm³/mol. The number of carbonyl (C=O) groups excluding carboxylic acids is 3. The molecule has 7 heteroatoms. The Bertz CT molecular complexity index is 587. The van der Waals surface area contributed by atoms with E-state index in [0.29, 0.717) is 12.1 Å². The van der Waals surface area contributed by atoms with Crippen LogP contribution in [-0.4, -0.2) is 37.5 Å². The third-order valence-corrected chi connectivity index (χ3v) is 3.16. The Hall–Kier alpha value is -2.67. The van der Waals surface area contributed by atoms with Gasteiger partial charge in [0.25, 0.3) is 0 Å². The molecule has 1 rings (SSSR count). The molecule has 0 aliphatic carbocycles. The van der Waals surface area contributed by atoms with Gasteiger partial charge in [0.05, 0.1) is 13.0 Å². The van der Waals surface area contributed by atoms with Crippen LogP contribution in [0.4, 0.5) is 0 Å². The molecule has 1 aromatic carbocycles. The molecule has 0 fully saturated rings. The monoisotopic (exact) mass is 333 g/mol. The maximum atomic E-state index is 12.1. The smallest absolute Gasteiger partial charge is 0.247 e. The van der Waals surface area contributed by atoms with Crippen molar-refractivity contribution in [1.29, 1.82) is 0 Å². The fraction of sp³-hybridized carbons (Fsp3) is 0.353. The van der Waals surface area contributed by atoms with Crippen molar-refractivity contribution in [3.8, 4) is 0 Å². The van der Waals surface area contributed by atoms with Gasteiger partial charge in [0.15, 0.2) is 0 Å². The van der Waals surface area contributed by atoms with E-state index in [1.165, 1.54) is 7.11 Å². The van der Waals surface area contributed by atoms with E-state index in [-0.39, 0.29) is 25.4 Å². The zero-order valence-corrected chi connectivity index (χ0v) is 13.7. The van der Waals surface area contributed by atoms with Gasteiger partial charge >= 0.3 is 0 Å².